The monoisotopic (exact) mass is 317 g/mol. The van der Waals surface area contributed by atoms with E-state index in [4.69, 9.17) is 16.0 Å². The first-order chi connectivity index (χ1) is 10.5. The summed E-state index contributed by atoms with van der Waals surface area (Å²) in [5.74, 6) is -1.17. The lowest BCUT2D eigenvalue weighted by atomic mass is 10.1. The van der Waals surface area contributed by atoms with Crippen molar-refractivity contribution in [2.75, 3.05) is 5.32 Å². The van der Waals surface area contributed by atoms with Gasteiger partial charge in [-0.1, -0.05) is 17.7 Å². The second kappa shape index (κ2) is 5.61. The van der Waals surface area contributed by atoms with Gasteiger partial charge in [0, 0.05) is 16.1 Å². The van der Waals surface area contributed by atoms with E-state index < -0.39 is 17.3 Å². The molecule has 110 valence electrons. The zero-order chi connectivity index (χ0) is 15.7. The number of fused-ring (bicyclic) bond motifs is 1. The van der Waals surface area contributed by atoms with Crippen molar-refractivity contribution in [1.82, 2.24) is 0 Å². The van der Waals surface area contributed by atoms with Crippen LogP contribution in [0.3, 0.4) is 0 Å². The minimum atomic E-state index is -0.774. The van der Waals surface area contributed by atoms with Gasteiger partial charge in [0.2, 0.25) is 0 Å². The van der Waals surface area contributed by atoms with Crippen LogP contribution in [0.4, 0.5) is 10.1 Å². The Labute approximate surface area is 129 Å². The summed E-state index contributed by atoms with van der Waals surface area (Å²) in [5, 5.41) is 3.43. The molecule has 3 aromatic rings. The average molecular weight is 318 g/mol. The predicted molar refractivity (Wildman–Crippen MR) is 81.8 cm³/mol. The summed E-state index contributed by atoms with van der Waals surface area (Å²) in [5.41, 5.74) is -0.380. The molecule has 0 bridgehead atoms. The molecule has 4 nitrogen and oxygen atoms in total. The predicted octanol–water partition coefficient (Wildman–Crippen LogP) is 3.84. The van der Waals surface area contributed by atoms with Crippen LogP contribution >= 0.6 is 11.6 Å². The maximum absolute atomic E-state index is 13.1. The summed E-state index contributed by atoms with van der Waals surface area (Å²) in [6, 6.07) is 11.5. The molecule has 0 aliphatic heterocycles. The molecular weight excluding hydrogens is 309 g/mol. The lowest BCUT2D eigenvalue weighted by molar-refractivity contribution is 0.102. The van der Waals surface area contributed by atoms with Crippen LogP contribution in [0, 0.1) is 5.82 Å². The molecule has 0 spiro atoms. The van der Waals surface area contributed by atoms with E-state index in [-0.39, 0.29) is 11.3 Å². The zero-order valence-electron chi connectivity index (χ0n) is 11.1. The number of anilines is 1. The number of rotatable bonds is 2. The molecule has 3 rings (SSSR count). The molecule has 0 unspecified atom stereocenters. The van der Waals surface area contributed by atoms with E-state index in [0.29, 0.717) is 16.0 Å². The molecule has 1 aromatic heterocycles. The number of carbonyl (C=O) groups excluding carboxylic acids is 1. The quantitative estimate of drug-likeness (QED) is 0.731. The molecule has 0 aliphatic rings. The van der Waals surface area contributed by atoms with E-state index in [9.17, 15) is 14.0 Å². The van der Waals surface area contributed by atoms with E-state index >= 15 is 0 Å². The fourth-order valence-corrected chi connectivity index (χ4v) is 2.20. The van der Waals surface area contributed by atoms with Gasteiger partial charge in [0.05, 0.1) is 0 Å². The number of carbonyl (C=O) groups is 1. The average Bonchev–Trinajstić information content (AvgIpc) is 2.47. The highest BCUT2D eigenvalue weighted by Gasteiger charge is 2.14. The van der Waals surface area contributed by atoms with E-state index in [0.717, 1.165) is 6.07 Å². The van der Waals surface area contributed by atoms with Crippen molar-refractivity contribution < 1.29 is 13.6 Å². The van der Waals surface area contributed by atoms with Gasteiger partial charge in [0.25, 0.3) is 5.91 Å². The van der Waals surface area contributed by atoms with Gasteiger partial charge in [-0.15, -0.1) is 0 Å². The van der Waals surface area contributed by atoms with Crippen LogP contribution in [0.15, 0.2) is 57.7 Å². The van der Waals surface area contributed by atoms with E-state index in [1.807, 2.05) is 0 Å². The largest absolute Gasteiger partial charge is 0.422 e. The third kappa shape index (κ3) is 2.84. The van der Waals surface area contributed by atoms with Gasteiger partial charge in [-0.2, -0.15) is 0 Å². The number of amides is 1. The van der Waals surface area contributed by atoms with Crippen LogP contribution in [0.5, 0.6) is 0 Å². The van der Waals surface area contributed by atoms with Crippen LogP contribution in [0.2, 0.25) is 5.02 Å². The van der Waals surface area contributed by atoms with E-state index in [2.05, 4.69) is 5.32 Å². The second-order valence-electron chi connectivity index (χ2n) is 4.59. The summed E-state index contributed by atoms with van der Waals surface area (Å²) in [6.07, 6.45) is 0. The van der Waals surface area contributed by atoms with E-state index in [1.54, 1.807) is 18.2 Å². The summed E-state index contributed by atoms with van der Waals surface area (Å²) in [7, 11) is 0. The molecule has 0 fully saturated rings. The van der Waals surface area contributed by atoms with Crippen molar-refractivity contribution in [3.63, 3.8) is 0 Å². The third-order valence-electron chi connectivity index (χ3n) is 3.02. The number of hydrogen-bond acceptors (Lipinski definition) is 3. The summed E-state index contributed by atoms with van der Waals surface area (Å²) in [4.78, 5) is 24.0. The molecule has 1 N–H and O–H groups in total. The zero-order valence-corrected chi connectivity index (χ0v) is 11.9. The Bertz CT molecular complexity index is 936. The summed E-state index contributed by atoms with van der Waals surface area (Å²) >= 11 is 5.88. The highest BCUT2D eigenvalue weighted by atomic mass is 35.5. The van der Waals surface area contributed by atoms with Gasteiger partial charge in [-0.05, 0) is 42.5 Å². The fraction of sp³-hybridized carbons (Fsp3) is 0. The Morgan fingerprint density at radius 2 is 1.95 bits per heavy atom. The second-order valence-corrected chi connectivity index (χ2v) is 5.03. The number of hydrogen-bond donors (Lipinski definition) is 1. The first-order valence-corrected chi connectivity index (χ1v) is 6.71. The van der Waals surface area contributed by atoms with Gasteiger partial charge in [-0.3, -0.25) is 4.79 Å². The van der Waals surface area contributed by atoms with Gasteiger partial charge in [-0.25, -0.2) is 9.18 Å². The van der Waals surface area contributed by atoms with Crippen molar-refractivity contribution in [3.8, 4) is 0 Å². The van der Waals surface area contributed by atoms with Crippen molar-refractivity contribution in [2.24, 2.45) is 0 Å². The van der Waals surface area contributed by atoms with Crippen LogP contribution in [0.1, 0.15) is 10.4 Å². The normalized spacial score (nSPS) is 10.6. The Morgan fingerprint density at radius 1 is 1.14 bits per heavy atom. The molecule has 1 heterocycles. The highest BCUT2D eigenvalue weighted by Crippen LogP contribution is 2.19. The van der Waals surface area contributed by atoms with Gasteiger partial charge in [0.1, 0.15) is 17.0 Å². The standard InChI is InChI=1S/C16H9ClFNO3/c17-10-4-5-14-9(6-10)7-13(16(21)22-14)15(20)19-12-3-1-2-11(18)8-12/h1-8H,(H,19,20). The van der Waals surface area contributed by atoms with Gasteiger partial charge >= 0.3 is 5.63 Å². The summed E-state index contributed by atoms with van der Waals surface area (Å²) < 4.78 is 18.2. The maximum Gasteiger partial charge on any atom is 0.349 e. The van der Waals surface area contributed by atoms with Crippen molar-refractivity contribution in [1.29, 1.82) is 0 Å². The minimum absolute atomic E-state index is 0.181. The highest BCUT2D eigenvalue weighted by molar-refractivity contribution is 6.31. The van der Waals surface area contributed by atoms with Crippen LogP contribution in [-0.4, -0.2) is 5.91 Å². The number of nitrogens with one attached hydrogen (secondary N) is 1. The van der Waals surface area contributed by atoms with Crippen molar-refractivity contribution in [2.45, 2.75) is 0 Å². The SMILES string of the molecule is O=C(Nc1cccc(F)c1)c1cc2cc(Cl)ccc2oc1=O. The smallest absolute Gasteiger partial charge is 0.349 e. The number of halogens is 2. The Morgan fingerprint density at radius 3 is 2.73 bits per heavy atom. The molecule has 1 amide bonds. The topological polar surface area (TPSA) is 59.3 Å². The van der Waals surface area contributed by atoms with Crippen LogP contribution < -0.4 is 10.9 Å². The first-order valence-electron chi connectivity index (χ1n) is 6.33. The first kappa shape index (κ1) is 14.3. The summed E-state index contributed by atoms with van der Waals surface area (Å²) in [6.45, 7) is 0. The van der Waals surface area contributed by atoms with Gasteiger partial charge < -0.3 is 9.73 Å². The molecule has 0 aliphatic carbocycles. The molecule has 2 aromatic carbocycles. The number of benzene rings is 2. The Hall–Kier alpha value is -2.66. The van der Waals surface area contributed by atoms with Crippen LogP contribution in [-0.2, 0) is 0 Å². The molecule has 0 saturated carbocycles. The molecule has 6 heteroatoms. The Kier molecular flexibility index (Phi) is 3.65. The maximum atomic E-state index is 13.1. The molecule has 22 heavy (non-hydrogen) atoms. The lowest BCUT2D eigenvalue weighted by Gasteiger charge is -2.05. The molecule has 0 saturated heterocycles. The van der Waals surface area contributed by atoms with Gasteiger partial charge in [0.15, 0.2) is 0 Å². The molecule has 0 atom stereocenters. The third-order valence-corrected chi connectivity index (χ3v) is 3.26. The van der Waals surface area contributed by atoms with Crippen LogP contribution in [0.25, 0.3) is 11.0 Å². The van der Waals surface area contributed by atoms with Crippen molar-refractivity contribution in [3.05, 3.63) is 75.4 Å². The van der Waals surface area contributed by atoms with E-state index in [1.165, 1.54) is 24.3 Å². The lowest BCUT2D eigenvalue weighted by Crippen LogP contribution is -2.20. The molecule has 0 radical (unpaired) electrons. The Balaban J connectivity index is 2.00. The minimum Gasteiger partial charge on any atom is -0.422 e. The van der Waals surface area contributed by atoms with Crippen molar-refractivity contribution >= 4 is 34.2 Å². The molecular formula is C16H9ClFNO3. The fourth-order valence-electron chi connectivity index (χ4n) is 2.02.